The van der Waals surface area contributed by atoms with Gasteiger partial charge in [-0.2, -0.15) is 0 Å². The number of piperidine rings is 1. The van der Waals surface area contributed by atoms with Crippen LogP contribution in [-0.2, 0) is 0 Å². The number of likely N-dealkylation sites (tertiary alicyclic amines) is 1. The minimum Gasteiger partial charge on any atom is -0.493 e. The summed E-state index contributed by atoms with van der Waals surface area (Å²) in [6.07, 6.45) is 2.41. The van der Waals surface area contributed by atoms with E-state index in [0.717, 1.165) is 25.4 Å². The van der Waals surface area contributed by atoms with Gasteiger partial charge in [0, 0.05) is 30.6 Å². The topological polar surface area (TPSA) is 38.5 Å². The number of fused-ring (bicyclic) bond motifs is 1. The molecule has 1 saturated heterocycles. The molecule has 0 saturated carbocycles. The van der Waals surface area contributed by atoms with E-state index in [9.17, 15) is 0 Å². The lowest BCUT2D eigenvalue weighted by atomic mass is 9.99. The van der Waals surface area contributed by atoms with E-state index in [4.69, 9.17) is 10.5 Å². The zero-order valence-electron chi connectivity index (χ0n) is 10.1. The van der Waals surface area contributed by atoms with Gasteiger partial charge in [0.25, 0.3) is 0 Å². The number of nitrogens with zero attached hydrogens (tertiary/aromatic N) is 1. The van der Waals surface area contributed by atoms with Crippen molar-refractivity contribution in [2.75, 3.05) is 26.2 Å². The highest BCUT2D eigenvalue weighted by molar-refractivity contribution is 5.39. The van der Waals surface area contributed by atoms with Gasteiger partial charge in [-0.3, -0.25) is 0 Å². The Morgan fingerprint density at radius 1 is 1.35 bits per heavy atom. The van der Waals surface area contributed by atoms with Gasteiger partial charge in [-0.25, -0.2) is 0 Å². The highest BCUT2D eigenvalue weighted by Gasteiger charge is 2.27. The molecule has 0 spiro atoms. The molecule has 2 atom stereocenters. The number of hydrogen-bond acceptors (Lipinski definition) is 3. The van der Waals surface area contributed by atoms with Crippen LogP contribution < -0.4 is 10.5 Å². The summed E-state index contributed by atoms with van der Waals surface area (Å²) in [5.41, 5.74) is 7.39. The molecule has 1 aromatic carbocycles. The molecule has 3 nitrogen and oxygen atoms in total. The van der Waals surface area contributed by atoms with E-state index >= 15 is 0 Å². The monoisotopic (exact) mass is 232 g/mol. The van der Waals surface area contributed by atoms with Gasteiger partial charge in [0.15, 0.2) is 0 Å². The van der Waals surface area contributed by atoms with Crippen molar-refractivity contribution in [2.24, 2.45) is 5.73 Å². The molecule has 2 N–H and O–H groups in total. The van der Waals surface area contributed by atoms with Gasteiger partial charge >= 0.3 is 0 Å². The SMILES string of the molecule is NC1CCCN(CC2COc3ccccc32)C1. The van der Waals surface area contributed by atoms with Crippen LogP contribution in [-0.4, -0.2) is 37.2 Å². The maximum atomic E-state index is 6.02. The second-order valence-corrected chi connectivity index (χ2v) is 5.21. The van der Waals surface area contributed by atoms with Crippen molar-refractivity contribution in [1.29, 1.82) is 0 Å². The first kappa shape index (κ1) is 11.1. The molecular formula is C14H20N2O. The summed E-state index contributed by atoms with van der Waals surface area (Å²) in [6, 6.07) is 8.76. The number of hydrogen-bond donors (Lipinski definition) is 1. The molecule has 1 aromatic rings. The summed E-state index contributed by atoms with van der Waals surface area (Å²) in [6.45, 7) is 4.14. The molecule has 2 aliphatic heterocycles. The van der Waals surface area contributed by atoms with Crippen LogP contribution in [0.5, 0.6) is 5.75 Å². The third-order valence-electron chi connectivity index (χ3n) is 3.82. The normalized spacial score (nSPS) is 28.8. The lowest BCUT2D eigenvalue weighted by molar-refractivity contribution is 0.187. The summed E-state index contributed by atoms with van der Waals surface area (Å²) >= 11 is 0. The van der Waals surface area contributed by atoms with Crippen LogP contribution in [0.3, 0.4) is 0 Å². The zero-order chi connectivity index (χ0) is 11.7. The van der Waals surface area contributed by atoms with Crippen molar-refractivity contribution in [3.05, 3.63) is 29.8 Å². The summed E-state index contributed by atoms with van der Waals surface area (Å²) in [7, 11) is 0. The lowest BCUT2D eigenvalue weighted by Crippen LogP contribution is -2.44. The van der Waals surface area contributed by atoms with Crippen molar-refractivity contribution in [2.45, 2.75) is 24.8 Å². The Morgan fingerprint density at radius 3 is 3.12 bits per heavy atom. The molecule has 92 valence electrons. The molecule has 0 amide bonds. The van der Waals surface area contributed by atoms with E-state index in [1.165, 1.54) is 24.9 Å². The molecular weight excluding hydrogens is 212 g/mol. The van der Waals surface area contributed by atoms with Crippen LogP contribution in [0.2, 0.25) is 0 Å². The third-order valence-corrected chi connectivity index (χ3v) is 3.82. The van der Waals surface area contributed by atoms with E-state index < -0.39 is 0 Å². The van der Waals surface area contributed by atoms with Crippen LogP contribution in [0.25, 0.3) is 0 Å². The van der Waals surface area contributed by atoms with Crippen molar-refractivity contribution >= 4 is 0 Å². The number of para-hydroxylation sites is 1. The smallest absolute Gasteiger partial charge is 0.122 e. The van der Waals surface area contributed by atoms with Crippen LogP contribution in [0.15, 0.2) is 24.3 Å². The second-order valence-electron chi connectivity index (χ2n) is 5.21. The first-order valence-electron chi connectivity index (χ1n) is 6.52. The Hall–Kier alpha value is -1.06. The number of rotatable bonds is 2. The summed E-state index contributed by atoms with van der Waals surface area (Å²) in [5.74, 6) is 1.59. The standard InChI is InChI=1S/C14H20N2O/c15-12-4-3-7-16(9-12)8-11-10-17-14-6-2-1-5-13(11)14/h1-2,5-6,11-12H,3-4,7-10,15H2. The van der Waals surface area contributed by atoms with Gasteiger partial charge in [-0.15, -0.1) is 0 Å². The Labute approximate surface area is 103 Å². The summed E-state index contributed by atoms with van der Waals surface area (Å²) in [5, 5.41) is 0. The largest absolute Gasteiger partial charge is 0.493 e. The Kier molecular flexibility index (Phi) is 3.04. The van der Waals surface area contributed by atoms with Gasteiger partial charge in [0.1, 0.15) is 5.75 Å². The van der Waals surface area contributed by atoms with E-state index in [0.29, 0.717) is 12.0 Å². The maximum absolute atomic E-state index is 6.02. The van der Waals surface area contributed by atoms with Crippen molar-refractivity contribution < 1.29 is 4.74 Å². The molecule has 0 aliphatic carbocycles. The molecule has 3 rings (SSSR count). The fraction of sp³-hybridized carbons (Fsp3) is 0.571. The van der Waals surface area contributed by atoms with Crippen molar-refractivity contribution in [1.82, 2.24) is 4.90 Å². The maximum Gasteiger partial charge on any atom is 0.122 e. The van der Waals surface area contributed by atoms with Gasteiger partial charge in [0.05, 0.1) is 6.61 Å². The molecule has 1 fully saturated rings. The first-order valence-corrected chi connectivity index (χ1v) is 6.52. The van der Waals surface area contributed by atoms with Gasteiger partial charge in [0.2, 0.25) is 0 Å². The molecule has 0 bridgehead atoms. The van der Waals surface area contributed by atoms with E-state index in [2.05, 4.69) is 23.1 Å². The summed E-state index contributed by atoms with van der Waals surface area (Å²) in [4.78, 5) is 2.49. The number of nitrogens with two attached hydrogens (primary N) is 1. The van der Waals surface area contributed by atoms with Crippen LogP contribution in [0, 0.1) is 0 Å². The van der Waals surface area contributed by atoms with Crippen molar-refractivity contribution in [3.8, 4) is 5.75 Å². The fourth-order valence-electron chi connectivity index (χ4n) is 2.95. The van der Waals surface area contributed by atoms with Crippen LogP contribution in [0.4, 0.5) is 0 Å². The minimum atomic E-state index is 0.362. The first-order chi connectivity index (χ1) is 8.33. The number of benzene rings is 1. The van der Waals surface area contributed by atoms with Crippen LogP contribution in [0.1, 0.15) is 24.3 Å². The quantitative estimate of drug-likeness (QED) is 0.841. The molecule has 2 aliphatic rings. The van der Waals surface area contributed by atoms with Gasteiger partial charge < -0.3 is 15.4 Å². The van der Waals surface area contributed by atoms with E-state index in [1.807, 2.05) is 6.07 Å². The molecule has 0 aromatic heterocycles. The Bertz CT molecular complexity index is 394. The van der Waals surface area contributed by atoms with E-state index in [1.54, 1.807) is 0 Å². The molecule has 17 heavy (non-hydrogen) atoms. The minimum absolute atomic E-state index is 0.362. The fourth-order valence-corrected chi connectivity index (χ4v) is 2.95. The molecule has 2 heterocycles. The average molecular weight is 232 g/mol. The predicted octanol–water partition coefficient (Wildman–Crippen LogP) is 1.59. The average Bonchev–Trinajstić information content (AvgIpc) is 2.73. The molecule has 3 heteroatoms. The predicted molar refractivity (Wildman–Crippen MR) is 68.3 cm³/mol. The van der Waals surface area contributed by atoms with Crippen molar-refractivity contribution in [3.63, 3.8) is 0 Å². The number of ether oxygens (including phenoxy) is 1. The Morgan fingerprint density at radius 2 is 2.24 bits per heavy atom. The molecule has 2 unspecified atom stereocenters. The highest BCUT2D eigenvalue weighted by Crippen LogP contribution is 2.34. The third kappa shape index (κ3) is 2.31. The highest BCUT2D eigenvalue weighted by atomic mass is 16.5. The van der Waals surface area contributed by atoms with Crippen LogP contribution >= 0.6 is 0 Å². The van der Waals surface area contributed by atoms with Gasteiger partial charge in [-0.05, 0) is 25.5 Å². The van der Waals surface area contributed by atoms with E-state index in [-0.39, 0.29) is 0 Å². The van der Waals surface area contributed by atoms with Gasteiger partial charge in [-0.1, -0.05) is 18.2 Å². The molecule has 0 radical (unpaired) electrons. The zero-order valence-corrected chi connectivity index (χ0v) is 10.1. The second kappa shape index (κ2) is 4.67. The lowest BCUT2D eigenvalue weighted by Gasteiger charge is -2.32. The summed E-state index contributed by atoms with van der Waals surface area (Å²) < 4.78 is 5.72. The Balaban J connectivity index is 1.67.